The van der Waals surface area contributed by atoms with Crippen molar-refractivity contribution in [3.05, 3.63) is 0 Å². The van der Waals surface area contributed by atoms with Gasteiger partial charge in [0.2, 0.25) is 0 Å². The SMILES string of the molecule is O=C([O-])C(F)(F)S(=O)(=O)F.O=C([O-])C(F)(F)S(=O)(=O)F.[Cu+2]. The quantitative estimate of drug-likeness (QED) is 0.271. The van der Waals surface area contributed by atoms with E-state index in [1.165, 1.54) is 0 Å². The summed E-state index contributed by atoms with van der Waals surface area (Å²) >= 11 is 0. The van der Waals surface area contributed by atoms with Crippen molar-refractivity contribution < 1.29 is 79.0 Å². The van der Waals surface area contributed by atoms with Crippen LogP contribution in [0.1, 0.15) is 0 Å². The summed E-state index contributed by atoms with van der Waals surface area (Å²) in [6.07, 6.45) is 0. The summed E-state index contributed by atoms with van der Waals surface area (Å²) in [6.45, 7) is 0. The van der Waals surface area contributed by atoms with Crippen molar-refractivity contribution in [2.24, 2.45) is 0 Å². The zero-order chi connectivity index (χ0) is 17.2. The van der Waals surface area contributed by atoms with Crippen LogP contribution in [0.2, 0.25) is 0 Å². The monoisotopic (exact) mass is 417 g/mol. The van der Waals surface area contributed by atoms with Crippen LogP contribution in [0.25, 0.3) is 0 Å². The van der Waals surface area contributed by atoms with Gasteiger partial charge in [-0.15, -0.1) is 0 Å². The Morgan fingerprint density at radius 3 is 0.857 bits per heavy atom. The Labute approximate surface area is 122 Å². The van der Waals surface area contributed by atoms with E-state index in [0.717, 1.165) is 0 Å². The number of carbonyl (C=O) groups is 2. The Hall–Kier alpha value is -1.06. The largest absolute Gasteiger partial charge is 2.00 e. The summed E-state index contributed by atoms with van der Waals surface area (Å²) in [7, 11) is -12.8. The van der Waals surface area contributed by atoms with E-state index in [2.05, 4.69) is 0 Å². The molecular weight excluding hydrogens is 418 g/mol. The van der Waals surface area contributed by atoms with Crippen LogP contribution in [0.15, 0.2) is 0 Å². The first-order valence-electron chi connectivity index (χ1n) is 3.46. The number of hydrogen-bond acceptors (Lipinski definition) is 8. The number of rotatable bonds is 4. The molecule has 0 bridgehead atoms. The maximum absolute atomic E-state index is 11.4. The number of hydrogen-bond donors (Lipinski definition) is 0. The Kier molecular flexibility index (Phi) is 8.64. The molecule has 17 heteroatoms. The van der Waals surface area contributed by atoms with Crippen LogP contribution in [0.4, 0.5) is 25.3 Å². The van der Waals surface area contributed by atoms with Crippen molar-refractivity contribution >= 4 is 32.4 Å². The minimum atomic E-state index is -6.40. The van der Waals surface area contributed by atoms with Gasteiger partial charge in [0, 0.05) is 0 Å². The first-order chi connectivity index (χ1) is 8.39. The fourth-order valence-electron chi connectivity index (χ4n) is 0.199. The molecule has 8 nitrogen and oxygen atoms in total. The number of carboxylic acids is 2. The molecule has 0 atom stereocenters. The van der Waals surface area contributed by atoms with Crippen molar-refractivity contribution in [2.45, 2.75) is 10.5 Å². The fraction of sp³-hybridized carbons (Fsp3) is 0.500. The standard InChI is InChI=1S/2C2HF3O4S.Cu/c2*3-2(4,1(6)7)10(5,8)9;/h2*(H,6,7);/q;;+2/p-2. The predicted molar refractivity (Wildman–Crippen MR) is 40.0 cm³/mol. The zero-order valence-electron chi connectivity index (χ0n) is 8.65. The van der Waals surface area contributed by atoms with E-state index in [1.54, 1.807) is 0 Å². The van der Waals surface area contributed by atoms with E-state index < -0.39 is 42.9 Å². The maximum atomic E-state index is 11.4. The molecule has 0 amide bonds. The van der Waals surface area contributed by atoms with Crippen LogP contribution in [-0.4, -0.2) is 39.3 Å². The molecule has 129 valence electrons. The molecule has 1 radical (unpaired) electrons. The fourth-order valence-corrected chi connectivity index (χ4v) is 0.597. The second-order valence-corrected chi connectivity index (χ2v) is 5.26. The van der Waals surface area contributed by atoms with Crippen LogP contribution in [0, 0.1) is 0 Å². The van der Waals surface area contributed by atoms with Crippen LogP contribution >= 0.6 is 0 Å². The smallest absolute Gasteiger partial charge is 0.543 e. The number of aliphatic carboxylic acids is 2. The predicted octanol–water partition coefficient (Wildman–Crippen LogP) is -2.75. The molecular formula is C4CuF6O8S2. The summed E-state index contributed by atoms with van der Waals surface area (Å²) < 4.78 is 105. The average Bonchev–Trinajstić information content (AvgIpc) is 2.14. The number of carbonyl (C=O) groups excluding carboxylic acids is 2. The summed E-state index contributed by atoms with van der Waals surface area (Å²) in [5.74, 6) is -6.56. The Morgan fingerprint density at radius 1 is 0.714 bits per heavy atom. The molecule has 0 rings (SSSR count). The van der Waals surface area contributed by atoms with Gasteiger partial charge in [0.1, 0.15) is 11.9 Å². The van der Waals surface area contributed by atoms with Gasteiger partial charge in [-0.1, -0.05) is 7.77 Å². The molecule has 0 aromatic rings. The van der Waals surface area contributed by atoms with Crippen LogP contribution in [-0.2, 0) is 47.1 Å². The molecule has 0 aromatic carbocycles. The first kappa shape index (κ1) is 24.9. The molecule has 21 heavy (non-hydrogen) atoms. The van der Waals surface area contributed by atoms with Crippen molar-refractivity contribution in [1.82, 2.24) is 0 Å². The summed E-state index contributed by atoms with van der Waals surface area (Å²) in [5, 5.41) is 7.47. The molecule has 0 fully saturated rings. The molecule has 0 N–H and O–H groups in total. The number of halogens is 6. The molecule has 0 aromatic heterocycles. The van der Waals surface area contributed by atoms with E-state index in [1.807, 2.05) is 0 Å². The van der Waals surface area contributed by atoms with Crippen molar-refractivity contribution in [3.8, 4) is 0 Å². The van der Waals surface area contributed by atoms with Gasteiger partial charge in [0.15, 0.2) is 0 Å². The Balaban J connectivity index is -0.000000295. The molecule has 0 unspecified atom stereocenters. The van der Waals surface area contributed by atoms with Crippen LogP contribution in [0.5, 0.6) is 0 Å². The van der Waals surface area contributed by atoms with Gasteiger partial charge in [0.05, 0.1) is 0 Å². The van der Waals surface area contributed by atoms with Gasteiger partial charge >= 0.3 is 48.0 Å². The van der Waals surface area contributed by atoms with Crippen LogP contribution in [0.3, 0.4) is 0 Å². The zero-order valence-corrected chi connectivity index (χ0v) is 11.2. The van der Waals surface area contributed by atoms with E-state index in [0.29, 0.717) is 0 Å². The van der Waals surface area contributed by atoms with E-state index in [-0.39, 0.29) is 17.1 Å². The minimum Gasteiger partial charge on any atom is -0.543 e. The number of alkyl halides is 4. The van der Waals surface area contributed by atoms with Crippen molar-refractivity contribution in [3.63, 3.8) is 0 Å². The third-order valence-corrected chi connectivity index (χ3v) is 2.65. The second-order valence-electron chi connectivity index (χ2n) is 2.48. The topological polar surface area (TPSA) is 149 Å². The molecule has 0 spiro atoms. The molecule has 0 aliphatic carbocycles. The van der Waals surface area contributed by atoms with Gasteiger partial charge < -0.3 is 19.8 Å². The number of carboxylic acid groups (broad SMARTS) is 2. The third kappa shape index (κ3) is 6.49. The van der Waals surface area contributed by atoms with E-state index in [9.17, 15) is 62.0 Å². The normalized spacial score (nSPS) is 12.5. The van der Waals surface area contributed by atoms with Gasteiger partial charge in [-0.25, -0.2) is 0 Å². The van der Waals surface area contributed by atoms with E-state index in [4.69, 9.17) is 0 Å². The van der Waals surface area contributed by atoms with Gasteiger partial charge in [-0.3, -0.25) is 0 Å². The van der Waals surface area contributed by atoms with Gasteiger partial charge in [0.25, 0.3) is 0 Å². The minimum absolute atomic E-state index is 0. The molecule has 0 saturated heterocycles. The van der Waals surface area contributed by atoms with Crippen molar-refractivity contribution in [1.29, 1.82) is 0 Å². The first-order valence-corrected chi connectivity index (χ1v) is 6.22. The van der Waals surface area contributed by atoms with Crippen LogP contribution < -0.4 is 10.2 Å². The van der Waals surface area contributed by atoms with Gasteiger partial charge in [-0.2, -0.15) is 34.4 Å². The van der Waals surface area contributed by atoms with Gasteiger partial charge in [-0.05, 0) is 0 Å². The Morgan fingerprint density at radius 2 is 0.857 bits per heavy atom. The Bertz CT molecular complexity index is 542. The average molecular weight is 418 g/mol. The van der Waals surface area contributed by atoms with Crippen molar-refractivity contribution in [2.75, 3.05) is 0 Å². The molecule has 0 saturated carbocycles. The summed E-state index contributed by atoms with van der Waals surface area (Å²) in [6, 6.07) is 0. The second kappa shape index (κ2) is 7.28. The van der Waals surface area contributed by atoms with E-state index >= 15 is 0 Å². The summed E-state index contributed by atoms with van der Waals surface area (Å²) in [5.41, 5.74) is 0. The summed E-state index contributed by atoms with van der Waals surface area (Å²) in [4.78, 5) is 18.4. The molecule has 0 heterocycles. The molecule has 0 aliphatic rings. The third-order valence-electron chi connectivity index (χ3n) is 1.09. The molecule has 0 aliphatic heterocycles. The maximum Gasteiger partial charge on any atom is 2.00 e.